The first-order valence-electron chi connectivity index (χ1n) is 7.81. The quantitative estimate of drug-likeness (QED) is 0.857. The molecule has 0 unspecified atom stereocenters. The van der Waals surface area contributed by atoms with Crippen molar-refractivity contribution in [3.63, 3.8) is 0 Å². The molecule has 25 heavy (non-hydrogen) atoms. The van der Waals surface area contributed by atoms with Crippen LogP contribution in [0.3, 0.4) is 0 Å². The second-order valence-corrected chi connectivity index (χ2v) is 7.61. The van der Waals surface area contributed by atoms with Crippen molar-refractivity contribution >= 4 is 27.3 Å². The summed E-state index contributed by atoms with van der Waals surface area (Å²) in [6.07, 6.45) is 1.12. The number of anilines is 2. The number of benzene rings is 2. The van der Waals surface area contributed by atoms with E-state index in [4.69, 9.17) is 4.74 Å². The van der Waals surface area contributed by atoms with Gasteiger partial charge in [0, 0.05) is 18.3 Å². The van der Waals surface area contributed by atoms with Gasteiger partial charge < -0.3 is 10.1 Å². The van der Waals surface area contributed by atoms with Crippen LogP contribution in [0.15, 0.2) is 42.5 Å². The van der Waals surface area contributed by atoms with Gasteiger partial charge in [-0.3, -0.25) is 9.10 Å². The number of hydrogen-bond acceptors (Lipinski definition) is 4. The second kappa shape index (κ2) is 7.57. The lowest BCUT2D eigenvalue weighted by Gasteiger charge is -2.20. The predicted octanol–water partition coefficient (Wildman–Crippen LogP) is 3.04. The fourth-order valence-electron chi connectivity index (χ4n) is 2.39. The molecule has 2 rings (SSSR count). The highest BCUT2D eigenvalue weighted by Crippen LogP contribution is 2.25. The minimum atomic E-state index is -3.40. The van der Waals surface area contributed by atoms with E-state index in [1.165, 1.54) is 7.05 Å². The van der Waals surface area contributed by atoms with Crippen molar-refractivity contribution < 1.29 is 17.9 Å². The molecule has 0 spiro atoms. The molecule has 1 N–H and O–H groups in total. The van der Waals surface area contributed by atoms with Crippen molar-refractivity contribution in [1.29, 1.82) is 0 Å². The van der Waals surface area contributed by atoms with E-state index in [1.54, 1.807) is 49.4 Å². The maximum absolute atomic E-state index is 12.6. The van der Waals surface area contributed by atoms with E-state index >= 15 is 0 Å². The highest BCUT2D eigenvalue weighted by molar-refractivity contribution is 7.92. The summed E-state index contributed by atoms with van der Waals surface area (Å²) >= 11 is 0. The summed E-state index contributed by atoms with van der Waals surface area (Å²) in [5, 5.41) is 2.81. The Hall–Kier alpha value is -2.54. The predicted molar refractivity (Wildman–Crippen MR) is 100.0 cm³/mol. The number of carbonyl (C=O) groups is 1. The van der Waals surface area contributed by atoms with Gasteiger partial charge in [-0.05, 0) is 55.8 Å². The average Bonchev–Trinajstić information content (AvgIpc) is 2.55. The third-order valence-corrected chi connectivity index (χ3v) is 5.00. The number of carbonyl (C=O) groups excluding carboxylic acids is 1. The summed E-state index contributed by atoms with van der Waals surface area (Å²) in [4.78, 5) is 12.6. The summed E-state index contributed by atoms with van der Waals surface area (Å²) in [6.45, 7) is 4.20. The Kier molecular flexibility index (Phi) is 5.69. The zero-order chi connectivity index (χ0) is 18.6. The first-order chi connectivity index (χ1) is 11.7. The minimum Gasteiger partial charge on any atom is -0.494 e. The van der Waals surface area contributed by atoms with Crippen LogP contribution in [0, 0.1) is 6.92 Å². The molecule has 0 radical (unpaired) electrons. The van der Waals surface area contributed by atoms with E-state index in [0.717, 1.165) is 16.3 Å². The molecule has 0 heterocycles. The van der Waals surface area contributed by atoms with Gasteiger partial charge in [-0.1, -0.05) is 6.07 Å². The zero-order valence-corrected chi connectivity index (χ0v) is 15.6. The molecule has 0 saturated heterocycles. The Labute approximate surface area is 148 Å². The van der Waals surface area contributed by atoms with Crippen molar-refractivity contribution in [2.45, 2.75) is 13.8 Å². The molecule has 134 valence electrons. The summed E-state index contributed by atoms with van der Waals surface area (Å²) in [6, 6.07) is 12.1. The van der Waals surface area contributed by atoms with Crippen molar-refractivity contribution in [3.05, 3.63) is 53.6 Å². The Morgan fingerprint density at radius 1 is 1.16 bits per heavy atom. The van der Waals surface area contributed by atoms with Gasteiger partial charge in [0.15, 0.2) is 0 Å². The highest BCUT2D eigenvalue weighted by Gasteiger charge is 2.18. The van der Waals surface area contributed by atoms with Gasteiger partial charge in [0.2, 0.25) is 10.0 Å². The monoisotopic (exact) mass is 362 g/mol. The molecule has 2 aromatic rings. The average molecular weight is 362 g/mol. The van der Waals surface area contributed by atoms with Crippen LogP contribution in [0.5, 0.6) is 5.75 Å². The molecule has 2 aromatic carbocycles. The lowest BCUT2D eigenvalue weighted by atomic mass is 10.1. The van der Waals surface area contributed by atoms with Crippen molar-refractivity contribution in [2.75, 3.05) is 29.5 Å². The molecular formula is C18H22N2O4S. The maximum Gasteiger partial charge on any atom is 0.256 e. The van der Waals surface area contributed by atoms with Gasteiger partial charge in [0.25, 0.3) is 5.91 Å². The highest BCUT2D eigenvalue weighted by atomic mass is 32.2. The van der Waals surface area contributed by atoms with E-state index in [0.29, 0.717) is 29.1 Å². The van der Waals surface area contributed by atoms with Gasteiger partial charge in [-0.15, -0.1) is 0 Å². The van der Waals surface area contributed by atoms with Gasteiger partial charge in [-0.2, -0.15) is 0 Å². The number of ether oxygens (including phenoxy) is 1. The lowest BCUT2D eigenvalue weighted by Crippen LogP contribution is -2.26. The normalized spacial score (nSPS) is 11.0. The van der Waals surface area contributed by atoms with Crippen LogP contribution < -0.4 is 14.4 Å². The van der Waals surface area contributed by atoms with E-state index in [2.05, 4.69) is 5.32 Å². The molecule has 0 aliphatic rings. The first kappa shape index (κ1) is 18.8. The number of hydrogen-bond donors (Lipinski definition) is 1. The third-order valence-electron chi connectivity index (χ3n) is 3.81. The summed E-state index contributed by atoms with van der Waals surface area (Å²) in [5.41, 5.74) is 2.12. The number of nitrogens with one attached hydrogen (secondary N) is 1. The lowest BCUT2D eigenvalue weighted by molar-refractivity contribution is 0.102. The maximum atomic E-state index is 12.6. The Morgan fingerprint density at radius 3 is 2.36 bits per heavy atom. The number of sulfonamides is 1. The fraction of sp³-hybridized carbons (Fsp3) is 0.278. The molecule has 0 aliphatic carbocycles. The topological polar surface area (TPSA) is 75.7 Å². The molecule has 0 aromatic heterocycles. The molecule has 7 heteroatoms. The number of rotatable bonds is 6. The third kappa shape index (κ3) is 4.51. The molecule has 1 amide bonds. The van der Waals surface area contributed by atoms with E-state index in [9.17, 15) is 13.2 Å². The Morgan fingerprint density at radius 2 is 1.80 bits per heavy atom. The Bertz CT molecular complexity index is 861. The molecule has 0 bridgehead atoms. The summed E-state index contributed by atoms with van der Waals surface area (Å²) in [5.74, 6) is 0.430. The van der Waals surface area contributed by atoms with Crippen LogP contribution in [0.4, 0.5) is 11.4 Å². The van der Waals surface area contributed by atoms with Crippen molar-refractivity contribution in [2.24, 2.45) is 0 Å². The van der Waals surface area contributed by atoms with Gasteiger partial charge in [0.05, 0.1) is 18.6 Å². The second-order valence-electron chi connectivity index (χ2n) is 5.59. The van der Waals surface area contributed by atoms with Gasteiger partial charge >= 0.3 is 0 Å². The van der Waals surface area contributed by atoms with Crippen molar-refractivity contribution in [1.82, 2.24) is 0 Å². The molecule has 0 aliphatic heterocycles. The Balaban J connectivity index is 2.25. The first-order valence-corrected chi connectivity index (χ1v) is 9.66. The van der Waals surface area contributed by atoms with E-state index in [-0.39, 0.29) is 5.91 Å². The van der Waals surface area contributed by atoms with Gasteiger partial charge in [-0.25, -0.2) is 8.42 Å². The number of nitrogens with zero attached hydrogens (tertiary/aromatic N) is 1. The molecular weight excluding hydrogens is 340 g/mol. The summed E-state index contributed by atoms with van der Waals surface area (Å²) < 4.78 is 30.0. The molecule has 0 fully saturated rings. The SMILES string of the molecule is CCOc1ccc(NC(=O)c2cccc(N(C)S(C)(=O)=O)c2C)cc1. The molecule has 0 saturated carbocycles. The van der Waals surface area contributed by atoms with Crippen LogP contribution >= 0.6 is 0 Å². The smallest absolute Gasteiger partial charge is 0.256 e. The van der Waals surface area contributed by atoms with Crippen LogP contribution in [-0.4, -0.2) is 34.2 Å². The van der Waals surface area contributed by atoms with Crippen LogP contribution in [0.2, 0.25) is 0 Å². The molecule has 0 atom stereocenters. The van der Waals surface area contributed by atoms with Crippen LogP contribution in [0.25, 0.3) is 0 Å². The molecule has 6 nitrogen and oxygen atoms in total. The van der Waals surface area contributed by atoms with E-state index < -0.39 is 10.0 Å². The van der Waals surface area contributed by atoms with Gasteiger partial charge in [0.1, 0.15) is 5.75 Å². The van der Waals surface area contributed by atoms with E-state index in [1.807, 2.05) is 6.92 Å². The van der Waals surface area contributed by atoms with Crippen LogP contribution in [0.1, 0.15) is 22.8 Å². The minimum absolute atomic E-state index is 0.301. The largest absolute Gasteiger partial charge is 0.494 e. The van der Waals surface area contributed by atoms with Crippen LogP contribution in [-0.2, 0) is 10.0 Å². The summed E-state index contributed by atoms with van der Waals surface area (Å²) in [7, 11) is -1.94. The standard InChI is InChI=1S/C18H22N2O4S/c1-5-24-15-11-9-14(10-12-15)19-18(21)16-7-6-8-17(13(16)2)20(3)25(4,22)23/h6-12H,5H2,1-4H3,(H,19,21). The number of amides is 1. The van der Waals surface area contributed by atoms with Crippen molar-refractivity contribution in [3.8, 4) is 5.75 Å². The zero-order valence-electron chi connectivity index (χ0n) is 14.7. The fourth-order valence-corrected chi connectivity index (χ4v) is 2.94.